The Kier molecular flexibility index (Phi) is 7.61. The van der Waals surface area contributed by atoms with Crippen LogP contribution in [0.2, 0.25) is 0 Å². The van der Waals surface area contributed by atoms with Crippen molar-refractivity contribution in [1.82, 2.24) is 9.62 Å². The molecule has 2 aromatic carbocycles. The van der Waals surface area contributed by atoms with Crippen molar-refractivity contribution in [2.75, 3.05) is 14.2 Å². The van der Waals surface area contributed by atoms with Crippen molar-refractivity contribution in [3.05, 3.63) is 53.6 Å². The molecule has 0 aliphatic rings. The van der Waals surface area contributed by atoms with Gasteiger partial charge in [-0.25, -0.2) is 13.1 Å². The topological polar surface area (TPSA) is 84.9 Å². The third kappa shape index (κ3) is 6.90. The molecule has 170 valence electrons. The molecule has 2 rings (SSSR count). The van der Waals surface area contributed by atoms with Gasteiger partial charge in [-0.15, -0.1) is 0 Å². The zero-order chi connectivity index (χ0) is 23.4. The lowest BCUT2D eigenvalue weighted by atomic mass is 10.1. The van der Waals surface area contributed by atoms with E-state index in [1.165, 1.54) is 48.4 Å². The van der Waals surface area contributed by atoms with E-state index in [2.05, 4.69) is 9.46 Å². The highest BCUT2D eigenvalue weighted by atomic mass is 32.2. The first kappa shape index (κ1) is 24.5. The fourth-order valence-corrected chi connectivity index (χ4v) is 4.23. The number of methoxy groups -OCH3 is 1. The third-order valence-corrected chi connectivity index (χ3v) is 5.84. The van der Waals surface area contributed by atoms with Gasteiger partial charge in [-0.1, -0.05) is 6.07 Å². The maximum Gasteiger partial charge on any atom is 0.387 e. The molecule has 10 heteroatoms. The highest BCUT2D eigenvalue weighted by Crippen LogP contribution is 2.30. The van der Waals surface area contributed by atoms with Gasteiger partial charge in [-0.3, -0.25) is 4.79 Å². The first-order valence-corrected chi connectivity index (χ1v) is 10.8. The van der Waals surface area contributed by atoms with Crippen molar-refractivity contribution in [3.63, 3.8) is 0 Å². The van der Waals surface area contributed by atoms with Crippen molar-refractivity contribution in [1.29, 1.82) is 0 Å². The van der Waals surface area contributed by atoms with Crippen molar-refractivity contribution < 1.29 is 31.5 Å². The number of hydrogen-bond donors (Lipinski definition) is 1. The summed E-state index contributed by atoms with van der Waals surface area (Å²) in [4.78, 5) is 14.1. The van der Waals surface area contributed by atoms with E-state index in [9.17, 15) is 22.0 Å². The first-order chi connectivity index (χ1) is 14.3. The van der Waals surface area contributed by atoms with Gasteiger partial charge in [0.05, 0.1) is 12.0 Å². The summed E-state index contributed by atoms with van der Waals surface area (Å²) in [6.07, 6.45) is 0. The van der Waals surface area contributed by atoms with E-state index >= 15 is 0 Å². The molecule has 0 bridgehead atoms. The van der Waals surface area contributed by atoms with Crippen molar-refractivity contribution in [2.45, 2.75) is 44.4 Å². The number of ether oxygens (including phenoxy) is 2. The molecule has 7 nitrogen and oxygen atoms in total. The van der Waals surface area contributed by atoms with Gasteiger partial charge in [0.1, 0.15) is 0 Å². The number of hydrogen-bond acceptors (Lipinski definition) is 5. The Morgan fingerprint density at radius 3 is 2.23 bits per heavy atom. The predicted molar refractivity (Wildman–Crippen MR) is 112 cm³/mol. The number of halogens is 2. The minimum absolute atomic E-state index is 0.0468. The van der Waals surface area contributed by atoms with Crippen LogP contribution in [0.3, 0.4) is 0 Å². The molecule has 2 aromatic rings. The van der Waals surface area contributed by atoms with E-state index in [-0.39, 0.29) is 34.4 Å². The highest BCUT2D eigenvalue weighted by Gasteiger charge is 2.22. The van der Waals surface area contributed by atoms with E-state index in [1.807, 2.05) is 0 Å². The van der Waals surface area contributed by atoms with Gasteiger partial charge in [0, 0.05) is 24.7 Å². The van der Waals surface area contributed by atoms with Crippen LogP contribution >= 0.6 is 0 Å². The number of amides is 1. The lowest BCUT2D eigenvalue weighted by molar-refractivity contribution is -0.0512. The molecule has 0 saturated carbocycles. The average Bonchev–Trinajstić information content (AvgIpc) is 2.65. The summed E-state index contributed by atoms with van der Waals surface area (Å²) in [5.74, 6) is -0.338. The van der Waals surface area contributed by atoms with Crippen LogP contribution in [0.1, 0.15) is 36.7 Å². The molecule has 1 amide bonds. The summed E-state index contributed by atoms with van der Waals surface area (Å²) >= 11 is 0. The van der Waals surface area contributed by atoms with Crippen LogP contribution in [-0.2, 0) is 16.6 Å². The molecule has 0 heterocycles. The largest absolute Gasteiger partial charge is 0.493 e. The monoisotopic (exact) mass is 456 g/mol. The van der Waals surface area contributed by atoms with E-state index in [4.69, 9.17) is 4.74 Å². The number of rotatable bonds is 8. The zero-order valence-corrected chi connectivity index (χ0v) is 18.8. The first-order valence-electron chi connectivity index (χ1n) is 9.33. The molecule has 0 aliphatic heterocycles. The summed E-state index contributed by atoms with van der Waals surface area (Å²) in [5, 5.41) is 0. The number of alkyl halides is 2. The molecule has 31 heavy (non-hydrogen) atoms. The van der Waals surface area contributed by atoms with Crippen LogP contribution in [0.4, 0.5) is 8.78 Å². The lowest BCUT2D eigenvalue weighted by Gasteiger charge is -2.21. The normalized spacial score (nSPS) is 12.0. The summed E-state index contributed by atoms with van der Waals surface area (Å²) in [5.41, 5.74) is 0.203. The zero-order valence-electron chi connectivity index (χ0n) is 18.0. The number of benzene rings is 2. The number of nitrogens with zero attached hydrogens (tertiary/aromatic N) is 1. The minimum atomic E-state index is -3.71. The SMILES string of the molecule is COc1ccc(CN(C)C(=O)c2ccc(S(=O)(=O)NC(C)(C)C)cc2)cc1OC(F)F. The van der Waals surface area contributed by atoms with Gasteiger partial charge in [0.2, 0.25) is 10.0 Å². The van der Waals surface area contributed by atoms with E-state index in [1.54, 1.807) is 33.9 Å². The van der Waals surface area contributed by atoms with Gasteiger partial charge < -0.3 is 14.4 Å². The standard InChI is InChI=1S/C21H26F2N2O5S/c1-21(2,3)24-31(27,28)16-9-7-15(8-10-16)19(26)25(4)13-14-6-11-17(29-5)18(12-14)30-20(22)23/h6-12,20,24H,13H2,1-5H3. The minimum Gasteiger partial charge on any atom is -0.493 e. The Balaban J connectivity index is 2.15. The predicted octanol–water partition coefficient (Wildman–Crippen LogP) is 3.65. The third-order valence-electron chi connectivity index (χ3n) is 4.06. The smallest absolute Gasteiger partial charge is 0.387 e. The molecule has 0 radical (unpaired) electrons. The van der Waals surface area contributed by atoms with Crippen molar-refractivity contribution in [2.24, 2.45) is 0 Å². The Labute approximate surface area is 181 Å². The molecular formula is C21H26F2N2O5S. The molecule has 0 atom stereocenters. The van der Waals surface area contributed by atoms with Crippen molar-refractivity contribution in [3.8, 4) is 11.5 Å². The van der Waals surface area contributed by atoms with Crippen LogP contribution in [0, 0.1) is 0 Å². The fourth-order valence-electron chi connectivity index (χ4n) is 2.81. The quantitative estimate of drug-likeness (QED) is 0.656. The second kappa shape index (κ2) is 9.61. The van der Waals surface area contributed by atoms with Crippen LogP contribution < -0.4 is 14.2 Å². The second-order valence-corrected chi connectivity index (χ2v) is 9.59. The fraction of sp³-hybridized carbons (Fsp3) is 0.381. The molecular weight excluding hydrogens is 430 g/mol. The highest BCUT2D eigenvalue weighted by molar-refractivity contribution is 7.89. The van der Waals surface area contributed by atoms with Gasteiger partial charge in [-0.05, 0) is 62.7 Å². The Bertz CT molecular complexity index is 1020. The van der Waals surface area contributed by atoms with Crippen LogP contribution in [-0.4, -0.2) is 45.5 Å². The number of carbonyl (C=O) groups excluding carboxylic acids is 1. The second-order valence-electron chi connectivity index (χ2n) is 7.90. The van der Waals surface area contributed by atoms with Gasteiger partial charge in [0.25, 0.3) is 5.91 Å². The average molecular weight is 457 g/mol. The summed E-state index contributed by atoms with van der Waals surface area (Å²) in [6.45, 7) is 2.30. The summed E-state index contributed by atoms with van der Waals surface area (Å²) in [7, 11) is -0.828. The molecule has 0 aromatic heterocycles. The van der Waals surface area contributed by atoms with Crippen molar-refractivity contribution >= 4 is 15.9 Å². The van der Waals surface area contributed by atoms with Gasteiger partial charge in [-0.2, -0.15) is 8.78 Å². The maximum atomic E-state index is 12.7. The van der Waals surface area contributed by atoms with E-state index in [0.29, 0.717) is 5.56 Å². The van der Waals surface area contributed by atoms with Crippen LogP contribution in [0.5, 0.6) is 11.5 Å². The lowest BCUT2D eigenvalue weighted by Crippen LogP contribution is -2.40. The van der Waals surface area contributed by atoms with Gasteiger partial charge in [0.15, 0.2) is 11.5 Å². The Hall–Kier alpha value is -2.72. The number of nitrogens with one attached hydrogen (secondary N) is 1. The number of carbonyl (C=O) groups is 1. The summed E-state index contributed by atoms with van der Waals surface area (Å²) < 4.78 is 62.0. The number of sulfonamides is 1. The van der Waals surface area contributed by atoms with Gasteiger partial charge >= 0.3 is 6.61 Å². The van der Waals surface area contributed by atoms with Crippen LogP contribution in [0.15, 0.2) is 47.4 Å². The Morgan fingerprint density at radius 2 is 1.71 bits per heavy atom. The Morgan fingerprint density at radius 1 is 1.10 bits per heavy atom. The molecule has 1 N–H and O–H groups in total. The van der Waals surface area contributed by atoms with E-state index in [0.717, 1.165) is 0 Å². The molecule has 0 aliphatic carbocycles. The van der Waals surface area contributed by atoms with E-state index < -0.39 is 22.2 Å². The maximum absolute atomic E-state index is 12.7. The molecule has 0 unspecified atom stereocenters. The molecule has 0 fully saturated rings. The summed E-state index contributed by atoms with van der Waals surface area (Å²) in [6, 6.07) is 10.1. The molecule has 0 spiro atoms. The molecule has 0 saturated heterocycles. The van der Waals surface area contributed by atoms with Crippen LogP contribution in [0.25, 0.3) is 0 Å².